The van der Waals surface area contributed by atoms with Gasteiger partial charge in [0.25, 0.3) is 5.91 Å². The highest BCUT2D eigenvalue weighted by Gasteiger charge is 2.33. The largest absolute Gasteiger partial charge is 0.416 e. The fraction of sp³-hybridized carbons (Fsp3) is 0.375. The fourth-order valence-electron chi connectivity index (χ4n) is 2.79. The number of carbonyl (C=O) groups is 2. The highest BCUT2D eigenvalue weighted by atomic mass is 32.2. The van der Waals surface area contributed by atoms with E-state index in [4.69, 9.17) is 0 Å². The van der Waals surface area contributed by atoms with Gasteiger partial charge in [-0.1, -0.05) is 11.8 Å². The molecule has 0 spiro atoms. The lowest BCUT2D eigenvalue weighted by atomic mass is 10.2. The van der Waals surface area contributed by atoms with Crippen LogP contribution in [0.1, 0.15) is 25.3 Å². The third-order valence-electron chi connectivity index (χ3n) is 4.09. The van der Waals surface area contributed by atoms with Crippen molar-refractivity contribution in [2.24, 2.45) is 0 Å². The number of fused-ring (bicyclic) bond motifs is 1. The van der Waals surface area contributed by atoms with E-state index < -0.39 is 17.6 Å². The maximum atomic E-state index is 12.7. The average Bonchev–Trinajstić information content (AvgIpc) is 2.92. The highest BCUT2D eigenvalue weighted by Crippen LogP contribution is 2.41. The Labute approximate surface area is 141 Å². The minimum atomic E-state index is -4.47. The minimum absolute atomic E-state index is 0.110. The number of hydrogen-bond acceptors (Lipinski definition) is 3. The zero-order valence-corrected chi connectivity index (χ0v) is 13.6. The number of benzene rings is 1. The van der Waals surface area contributed by atoms with Crippen LogP contribution in [0.25, 0.3) is 0 Å². The molecule has 1 aromatic rings. The zero-order chi connectivity index (χ0) is 17.5. The first-order chi connectivity index (χ1) is 11.3. The molecule has 0 bridgehead atoms. The third kappa shape index (κ3) is 3.28. The van der Waals surface area contributed by atoms with Crippen LogP contribution in [0, 0.1) is 0 Å². The number of amides is 2. The number of hydrogen-bond donors (Lipinski definition) is 1. The van der Waals surface area contributed by atoms with Gasteiger partial charge >= 0.3 is 6.18 Å². The Bertz CT molecular complexity index is 731. The van der Waals surface area contributed by atoms with Crippen molar-refractivity contribution in [3.8, 4) is 0 Å². The van der Waals surface area contributed by atoms with Crippen molar-refractivity contribution in [3.63, 3.8) is 0 Å². The van der Waals surface area contributed by atoms with Gasteiger partial charge in [-0.15, -0.1) is 0 Å². The van der Waals surface area contributed by atoms with E-state index in [9.17, 15) is 22.8 Å². The summed E-state index contributed by atoms with van der Waals surface area (Å²) in [5.74, 6) is -0.806. The van der Waals surface area contributed by atoms with Crippen LogP contribution in [0.15, 0.2) is 34.1 Å². The second-order valence-corrected chi connectivity index (χ2v) is 6.88. The summed E-state index contributed by atoms with van der Waals surface area (Å²) in [5, 5.41) is 2.43. The summed E-state index contributed by atoms with van der Waals surface area (Å²) in [7, 11) is 0. The summed E-state index contributed by atoms with van der Waals surface area (Å²) in [6, 6.07) is 3.30. The van der Waals surface area contributed by atoms with E-state index in [1.54, 1.807) is 4.90 Å². The van der Waals surface area contributed by atoms with Crippen molar-refractivity contribution in [1.29, 1.82) is 0 Å². The molecule has 0 aliphatic carbocycles. The van der Waals surface area contributed by atoms with Gasteiger partial charge in [0.1, 0.15) is 0 Å². The summed E-state index contributed by atoms with van der Waals surface area (Å²) in [4.78, 5) is 26.7. The second kappa shape index (κ2) is 6.16. The van der Waals surface area contributed by atoms with Crippen molar-refractivity contribution in [1.82, 2.24) is 4.90 Å². The van der Waals surface area contributed by atoms with E-state index in [0.717, 1.165) is 36.7 Å². The van der Waals surface area contributed by atoms with Gasteiger partial charge in [0, 0.05) is 23.6 Å². The van der Waals surface area contributed by atoms with E-state index in [0.29, 0.717) is 11.4 Å². The van der Waals surface area contributed by atoms with Crippen molar-refractivity contribution in [2.45, 2.75) is 36.9 Å². The monoisotopic (exact) mass is 356 g/mol. The smallest absolute Gasteiger partial charge is 0.336 e. The Morgan fingerprint density at radius 2 is 2.17 bits per heavy atom. The molecule has 0 unspecified atom stereocenters. The van der Waals surface area contributed by atoms with Crippen LogP contribution in [0.4, 0.5) is 18.9 Å². The van der Waals surface area contributed by atoms with Gasteiger partial charge in [0.05, 0.1) is 16.2 Å². The van der Waals surface area contributed by atoms with Crippen LogP contribution < -0.4 is 5.32 Å². The van der Waals surface area contributed by atoms with Gasteiger partial charge in [-0.25, -0.2) is 0 Å². The first-order valence-corrected chi connectivity index (χ1v) is 8.30. The van der Waals surface area contributed by atoms with Crippen LogP contribution in [0.2, 0.25) is 0 Å². The number of thioether (sulfide) groups is 1. The average molecular weight is 356 g/mol. The van der Waals surface area contributed by atoms with Crippen molar-refractivity contribution < 1.29 is 22.8 Å². The molecule has 3 rings (SSSR count). The van der Waals surface area contributed by atoms with Gasteiger partial charge in [-0.05, 0) is 38.0 Å². The van der Waals surface area contributed by atoms with E-state index in [1.165, 1.54) is 12.1 Å². The fourth-order valence-corrected chi connectivity index (χ4v) is 3.69. The molecule has 1 atom stereocenters. The van der Waals surface area contributed by atoms with E-state index >= 15 is 0 Å². The maximum Gasteiger partial charge on any atom is 0.416 e. The molecular formula is C16H15F3N2O2S. The molecule has 1 N–H and O–H groups in total. The Hall–Kier alpha value is -1.96. The lowest BCUT2D eigenvalue weighted by Crippen LogP contribution is -2.33. The summed E-state index contributed by atoms with van der Waals surface area (Å²) in [5.41, 5.74) is -0.712. The van der Waals surface area contributed by atoms with Crippen LogP contribution in [0.5, 0.6) is 0 Å². The standard InChI is InChI=1S/C16H15F3N2O2S/c1-9-3-2-6-21(9)14(22)8-13-15(23)20-11-7-10(16(17,18)19)4-5-12(11)24-13/h4-5,7-9H,2-3,6H2,1H3,(H,20,23)/b13-8+/t9-/m1/s1. The number of likely N-dealkylation sites (tertiary alicyclic amines) is 1. The first kappa shape index (κ1) is 16.9. The Kier molecular flexibility index (Phi) is 4.33. The molecule has 0 aromatic heterocycles. The predicted molar refractivity (Wildman–Crippen MR) is 84.4 cm³/mol. The van der Waals surface area contributed by atoms with Crippen LogP contribution in [0.3, 0.4) is 0 Å². The Morgan fingerprint density at radius 1 is 1.42 bits per heavy atom. The highest BCUT2D eigenvalue weighted by molar-refractivity contribution is 8.04. The number of rotatable bonds is 1. The number of nitrogens with one attached hydrogen (secondary N) is 1. The molecular weight excluding hydrogens is 341 g/mol. The maximum absolute atomic E-state index is 12.7. The Morgan fingerprint density at radius 3 is 2.79 bits per heavy atom. The van der Waals surface area contributed by atoms with Gasteiger partial charge in [-0.2, -0.15) is 13.2 Å². The molecule has 24 heavy (non-hydrogen) atoms. The quantitative estimate of drug-likeness (QED) is 0.782. The number of anilines is 1. The lowest BCUT2D eigenvalue weighted by molar-refractivity contribution is -0.137. The summed E-state index contributed by atoms with van der Waals surface area (Å²) in [6.45, 7) is 2.60. The third-order valence-corrected chi connectivity index (χ3v) is 5.19. The van der Waals surface area contributed by atoms with Crippen molar-refractivity contribution in [3.05, 3.63) is 34.7 Å². The molecule has 2 amide bonds. The predicted octanol–water partition coefficient (Wildman–Crippen LogP) is 3.64. The molecule has 2 aliphatic rings. The van der Waals surface area contributed by atoms with E-state index in [-0.39, 0.29) is 22.5 Å². The minimum Gasteiger partial charge on any atom is -0.336 e. The molecule has 2 aliphatic heterocycles. The number of halogens is 3. The van der Waals surface area contributed by atoms with E-state index in [2.05, 4.69) is 5.32 Å². The second-order valence-electron chi connectivity index (χ2n) is 5.80. The molecule has 1 saturated heterocycles. The van der Waals surface area contributed by atoms with Gasteiger partial charge < -0.3 is 10.2 Å². The molecule has 1 fully saturated rings. The number of nitrogens with zero attached hydrogens (tertiary/aromatic N) is 1. The van der Waals surface area contributed by atoms with Gasteiger partial charge in [-0.3, -0.25) is 9.59 Å². The van der Waals surface area contributed by atoms with Gasteiger partial charge in [0.2, 0.25) is 5.91 Å². The zero-order valence-electron chi connectivity index (χ0n) is 12.8. The molecule has 2 heterocycles. The first-order valence-electron chi connectivity index (χ1n) is 7.48. The molecule has 8 heteroatoms. The van der Waals surface area contributed by atoms with E-state index in [1.807, 2.05) is 6.92 Å². The SMILES string of the molecule is C[C@@H]1CCCN1C(=O)/C=C1/Sc2ccc(C(F)(F)F)cc2NC1=O. The normalized spacial score (nSPS) is 22.5. The molecule has 4 nitrogen and oxygen atoms in total. The van der Waals surface area contributed by atoms with Crippen LogP contribution in [-0.4, -0.2) is 29.3 Å². The molecule has 1 aromatic carbocycles. The summed E-state index contributed by atoms with van der Waals surface area (Å²) < 4.78 is 38.2. The van der Waals surface area contributed by atoms with Crippen LogP contribution >= 0.6 is 11.8 Å². The summed E-state index contributed by atoms with van der Waals surface area (Å²) >= 11 is 1.01. The topological polar surface area (TPSA) is 49.4 Å². The molecule has 128 valence electrons. The number of alkyl halides is 3. The van der Waals surface area contributed by atoms with Crippen molar-refractivity contribution in [2.75, 3.05) is 11.9 Å². The van der Waals surface area contributed by atoms with Crippen molar-refractivity contribution >= 4 is 29.3 Å². The molecule has 0 saturated carbocycles. The lowest BCUT2D eigenvalue weighted by Gasteiger charge is -2.22. The summed E-state index contributed by atoms with van der Waals surface area (Å²) in [6.07, 6.45) is -1.35. The molecule has 0 radical (unpaired) electrons. The number of carbonyl (C=O) groups excluding carboxylic acids is 2. The van der Waals surface area contributed by atoms with Gasteiger partial charge in [0.15, 0.2) is 0 Å². The van der Waals surface area contributed by atoms with Crippen LogP contribution in [-0.2, 0) is 15.8 Å². The Balaban J connectivity index is 1.83.